The molecule has 0 amide bonds. The lowest BCUT2D eigenvalue weighted by molar-refractivity contribution is -0.144. The number of carbonyl (C=O) groups is 2. The maximum Gasteiger partial charge on any atom is 0.332 e. The summed E-state index contributed by atoms with van der Waals surface area (Å²) in [7, 11) is 1.24. The van der Waals surface area contributed by atoms with E-state index in [0.717, 1.165) is 24.3 Å². The van der Waals surface area contributed by atoms with Crippen LogP contribution in [0, 0.1) is 0 Å². The molecule has 1 saturated heterocycles. The first kappa shape index (κ1) is 11.3. The third-order valence-corrected chi connectivity index (χ3v) is 1.89. The van der Waals surface area contributed by atoms with Gasteiger partial charge in [0.1, 0.15) is 0 Å². The predicted octanol–water partition coefficient (Wildman–Crippen LogP) is 0.482. The minimum atomic E-state index is -0.587. The highest BCUT2D eigenvalue weighted by atomic mass is 16.6. The minimum Gasteiger partial charge on any atom is -0.466 e. The van der Waals surface area contributed by atoms with Gasteiger partial charge in [0.25, 0.3) is 0 Å². The number of ether oxygens (including phenoxy) is 2. The number of nitrogens with one attached hydrogen (secondary N) is 1. The van der Waals surface area contributed by atoms with Gasteiger partial charge in [-0.15, -0.1) is 0 Å². The topological polar surface area (TPSA) is 64.6 Å². The molecule has 0 aromatic rings. The Bertz CT molecular complexity index is 309. The van der Waals surface area contributed by atoms with Crippen molar-refractivity contribution in [3.8, 4) is 0 Å². The molecule has 0 bridgehead atoms. The van der Waals surface area contributed by atoms with Crippen LogP contribution >= 0.6 is 0 Å². The fourth-order valence-electron chi connectivity index (χ4n) is 1.15. The summed E-state index contributed by atoms with van der Waals surface area (Å²) in [6.45, 7) is 3.70. The zero-order chi connectivity index (χ0) is 11.3. The number of carbonyl (C=O) groups excluding carboxylic acids is 2. The molecule has 82 valence electrons. The highest BCUT2D eigenvalue weighted by Gasteiger charge is 2.19. The zero-order valence-electron chi connectivity index (χ0n) is 8.49. The average Bonchev–Trinajstić information content (AvgIpc) is 2.60. The molecule has 1 atom stereocenters. The largest absolute Gasteiger partial charge is 0.466 e. The maximum atomic E-state index is 11.1. The molecule has 1 N–H and O–H groups in total. The Morgan fingerprint density at radius 3 is 2.67 bits per heavy atom. The van der Waals surface area contributed by atoms with Crippen LogP contribution in [0.4, 0.5) is 0 Å². The Morgan fingerprint density at radius 1 is 1.47 bits per heavy atom. The van der Waals surface area contributed by atoms with Crippen molar-refractivity contribution >= 4 is 11.9 Å². The molecule has 1 unspecified atom stereocenters. The molecule has 1 heterocycles. The van der Waals surface area contributed by atoms with Crippen LogP contribution in [0.15, 0.2) is 24.4 Å². The van der Waals surface area contributed by atoms with Crippen LogP contribution in [0.1, 0.15) is 12.8 Å². The number of allylic oxidation sites excluding steroid dienone is 1. The van der Waals surface area contributed by atoms with Gasteiger partial charge >= 0.3 is 11.9 Å². The van der Waals surface area contributed by atoms with Crippen molar-refractivity contribution in [1.29, 1.82) is 0 Å². The third kappa shape index (κ3) is 3.84. The number of esters is 2. The second-order valence-corrected chi connectivity index (χ2v) is 3.07. The smallest absolute Gasteiger partial charge is 0.332 e. The first-order valence-electron chi connectivity index (χ1n) is 4.53. The third-order valence-electron chi connectivity index (χ3n) is 1.89. The van der Waals surface area contributed by atoms with E-state index in [4.69, 9.17) is 4.74 Å². The van der Waals surface area contributed by atoms with Crippen molar-refractivity contribution in [3.63, 3.8) is 0 Å². The van der Waals surface area contributed by atoms with Crippen molar-refractivity contribution in [2.75, 3.05) is 7.11 Å². The van der Waals surface area contributed by atoms with Gasteiger partial charge in [0.05, 0.1) is 7.11 Å². The van der Waals surface area contributed by atoms with E-state index in [9.17, 15) is 9.59 Å². The van der Waals surface area contributed by atoms with Gasteiger partial charge in [0.2, 0.25) is 0 Å². The second kappa shape index (κ2) is 5.19. The molecule has 0 saturated carbocycles. The van der Waals surface area contributed by atoms with Crippen LogP contribution in [-0.2, 0) is 19.1 Å². The lowest BCUT2D eigenvalue weighted by atomic mass is 10.3. The summed E-state index contributed by atoms with van der Waals surface area (Å²) in [5.74, 6) is -1.16. The normalized spacial score (nSPS) is 20.1. The van der Waals surface area contributed by atoms with E-state index >= 15 is 0 Å². The molecule has 5 heteroatoms. The second-order valence-electron chi connectivity index (χ2n) is 3.07. The van der Waals surface area contributed by atoms with E-state index < -0.39 is 11.9 Å². The molecule has 0 spiro atoms. The van der Waals surface area contributed by atoms with E-state index in [1.165, 1.54) is 7.11 Å². The summed E-state index contributed by atoms with van der Waals surface area (Å²) < 4.78 is 9.30. The summed E-state index contributed by atoms with van der Waals surface area (Å²) >= 11 is 0. The SMILES string of the molecule is C=C1CCC(OC(=O)/C=C/C(=O)OC)N1. The number of methoxy groups -OCH3 is 1. The molecule has 1 fully saturated rings. The first-order valence-corrected chi connectivity index (χ1v) is 4.53. The van der Waals surface area contributed by atoms with Crippen LogP contribution < -0.4 is 5.32 Å². The lowest BCUT2D eigenvalue weighted by Gasteiger charge is -2.10. The lowest BCUT2D eigenvalue weighted by Crippen LogP contribution is -2.25. The fraction of sp³-hybridized carbons (Fsp3) is 0.400. The molecular weight excluding hydrogens is 198 g/mol. The van der Waals surface area contributed by atoms with Gasteiger partial charge in [-0.05, 0) is 6.42 Å². The molecule has 0 aromatic heterocycles. The summed E-state index contributed by atoms with van der Waals surface area (Å²) in [4.78, 5) is 21.8. The van der Waals surface area contributed by atoms with Crippen LogP contribution in [-0.4, -0.2) is 25.3 Å². The maximum absolute atomic E-state index is 11.1. The Morgan fingerprint density at radius 2 is 2.13 bits per heavy atom. The van der Waals surface area contributed by atoms with Gasteiger partial charge in [-0.3, -0.25) is 0 Å². The van der Waals surface area contributed by atoms with Crippen LogP contribution in [0.5, 0.6) is 0 Å². The summed E-state index contributed by atoms with van der Waals surface area (Å²) in [5, 5.41) is 2.90. The Labute approximate surface area is 87.7 Å². The highest BCUT2D eigenvalue weighted by Crippen LogP contribution is 2.14. The molecule has 15 heavy (non-hydrogen) atoms. The van der Waals surface area contributed by atoms with Gasteiger partial charge in [0.15, 0.2) is 6.23 Å². The van der Waals surface area contributed by atoms with Gasteiger partial charge < -0.3 is 14.8 Å². The van der Waals surface area contributed by atoms with Crippen molar-refractivity contribution in [1.82, 2.24) is 5.32 Å². The number of rotatable bonds is 3. The Hall–Kier alpha value is -1.78. The quantitative estimate of drug-likeness (QED) is 0.543. The van der Waals surface area contributed by atoms with Crippen LogP contribution in [0.3, 0.4) is 0 Å². The molecule has 0 radical (unpaired) electrons. The minimum absolute atomic E-state index is 0.340. The van der Waals surface area contributed by atoms with E-state index in [1.807, 2.05) is 0 Å². The standard InChI is InChI=1S/C10H13NO4/c1-7-3-4-8(11-7)15-10(13)6-5-9(12)14-2/h5-6,8,11H,1,3-4H2,2H3/b6-5+. The highest BCUT2D eigenvalue weighted by molar-refractivity contribution is 5.91. The molecule has 1 rings (SSSR count). The summed E-state index contributed by atoms with van der Waals surface area (Å²) in [5.41, 5.74) is 0.852. The zero-order valence-corrected chi connectivity index (χ0v) is 8.49. The summed E-state index contributed by atoms with van der Waals surface area (Å²) in [6, 6.07) is 0. The van der Waals surface area contributed by atoms with Gasteiger partial charge in [0, 0.05) is 24.3 Å². The number of hydrogen-bond donors (Lipinski definition) is 1. The number of hydrogen-bond acceptors (Lipinski definition) is 5. The Kier molecular flexibility index (Phi) is 3.91. The monoisotopic (exact) mass is 211 g/mol. The van der Waals surface area contributed by atoms with Crippen LogP contribution in [0.2, 0.25) is 0 Å². The van der Waals surface area contributed by atoms with Crippen molar-refractivity contribution in [2.45, 2.75) is 19.1 Å². The van der Waals surface area contributed by atoms with Crippen molar-refractivity contribution < 1.29 is 19.1 Å². The van der Waals surface area contributed by atoms with E-state index in [2.05, 4.69) is 16.6 Å². The fourth-order valence-corrected chi connectivity index (χ4v) is 1.15. The molecule has 1 aliphatic rings. The van der Waals surface area contributed by atoms with E-state index in [-0.39, 0.29) is 6.23 Å². The predicted molar refractivity (Wildman–Crippen MR) is 52.5 cm³/mol. The average molecular weight is 211 g/mol. The molecule has 1 aliphatic heterocycles. The molecule has 5 nitrogen and oxygen atoms in total. The van der Waals surface area contributed by atoms with Crippen molar-refractivity contribution in [3.05, 3.63) is 24.4 Å². The first-order chi connectivity index (χ1) is 7.11. The van der Waals surface area contributed by atoms with Gasteiger partial charge in [-0.25, -0.2) is 9.59 Å². The van der Waals surface area contributed by atoms with E-state index in [0.29, 0.717) is 6.42 Å². The van der Waals surface area contributed by atoms with Crippen molar-refractivity contribution in [2.24, 2.45) is 0 Å². The molecule has 0 aromatic carbocycles. The summed E-state index contributed by atoms with van der Waals surface area (Å²) in [6.07, 6.45) is 3.21. The van der Waals surface area contributed by atoms with E-state index in [1.54, 1.807) is 0 Å². The van der Waals surface area contributed by atoms with Gasteiger partial charge in [-0.1, -0.05) is 6.58 Å². The molecule has 0 aliphatic carbocycles. The Balaban J connectivity index is 2.33. The van der Waals surface area contributed by atoms with Crippen LogP contribution in [0.25, 0.3) is 0 Å². The molecular formula is C10H13NO4. The van der Waals surface area contributed by atoms with Gasteiger partial charge in [-0.2, -0.15) is 0 Å².